The SMILES string of the molecule is C#C/C=C\CCCCCCC/C=C(\C(=O)OC)[C@@H](O)[C@@H](C)O. The number of rotatable bonds is 11. The molecule has 0 aliphatic heterocycles. The Morgan fingerprint density at radius 3 is 2.32 bits per heavy atom. The Labute approximate surface area is 133 Å². The highest BCUT2D eigenvalue weighted by Gasteiger charge is 2.23. The molecule has 0 amide bonds. The number of hydrogen-bond acceptors (Lipinski definition) is 4. The third kappa shape index (κ3) is 9.38. The van der Waals surface area contributed by atoms with E-state index < -0.39 is 18.2 Å². The van der Waals surface area contributed by atoms with E-state index in [0.29, 0.717) is 6.42 Å². The van der Waals surface area contributed by atoms with Crippen LogP contribution in [0.5, 0.6) is 0 Å². The van der Waals surface area contributed by atoms with E-state index in [1.165, 1.54) is 14.0 Å². The molecule has 0 spiro atoms. The highest BCUT2D eigenvalue weighted by atomic mass is 16.5. The average molecular weight is 308 g/mol. The van der Waals surface area contributed by atoms with E-state index in [2.05, 4.69) is 10.7 Å². The zero-order valence-electron chi connectivity index (χ0n) is 13.6. The summed E-state index contributed by atoms with van der Waals surface area (Å²) in [4.78, 5) is 11.6. The number of ether oxygens (including phenoxy) is 1. The molecule has 0 heterocycles. The zero-order chi connectivity index (χ0) is 16.8. The first-order valence-corrected chi connectivity index (χ1v) is 7.80. The monoisotopic (exact) mass is 308 g/mol. The number of unbranched alkanes of at least 4 members (excludes halogenated alkanes) is 6. The summed E-state index contributed by atoms with van der Waals surface area (Å²) >= 11 is 0. The highest BCUT2D eigenvalue weighted by Crippen LogP contribution is 2.13. The molecule has 0 aliphatic carbocycles. The fraction of sp³-hybridized carbons (Fsp3) is 0.611. The van der Waals surface area contributed by atoms with Crippen molar-refractivity contribution >= 4 is 5.97 Å². The maximum Gasteiger partial charge on any atom is 0.336 e. The van der Waals surface area contributed by atoms with Gasteiger partial charge in [0, 0.05) is 0 Å². The lowest BCUT2D eigenvalue weighted by Gasteiger charge is -2.15. The van der Waals surface area contributed by atoms with Gasteiger partial charge in [0.1, 0.15) is 6.10 Å². The molecule has 0 aromatic rings. The van der Waals surface area contributed by atoms with Gasteiger partial charge in [-0.1, -0.05) is 37.3 Å². The van der Waals surface area contributed by atoms with E-state index in [1.54, 1.807) is 12.2 Å². The first-order valence-electron chi connectivity index (χ1n) is 7.80. The Hall–Kier alpha value is -1.57. The predicted octanol–water partition coefficient (Wildman–Crippen LogP) is 2.75. The maximum absolute atomic E-state index is 11.6. The number of methoxy groups -OCH3 is 1. The molecular weight excluding hydrogens is 280 g/mol. The van der Waals surface area contributed by atoms with Crippen molar-refractivity contribution in [3.63, 3.8) is 0 Å². The number of carbonyl (C=O) groups excluding carboxylic acids is 1. The van der Waals surface area contributed by atoms with Gasteiger partial charge < -0.3 is 14.9 Å². The second-order valence-electron chi connectivity index (χ2n) is 5.25. The van der Waals surface area contributed by atoms with Crippen molar-refractivity contribution in [3.8, 4) is 12.3 Å². The van der Waals surface area contributed by atoms with Crippen molar-refractivity contribution in [3.05, 3.63) is 23.8 Å². The second-order valence-corrected chi connectivity index (χ2v) is 5.25. The molecule has 0 saturated carbocycles. The molecule has 4 nitrogen and oxygen atoms in total. The Kier molecular flexibility index (Phi) is 12.2. The Morgan fingerprint density at radius 2 is 1.77 bits per heavy atom. The number of aliphatic hydroxyl groups is 2. The third-order valence-electron chi connectivity index (χ3n) is 3.35. The van der Waals surface area contributed by atoms with Crippen molar-refractivity contribution in [2.75, 3.05) is 7.11 Å². The molecule has 0 radical (unpaired) electrons. The van der Waals surface area contributed by atoms with Gasteiger partial charge in [-0.3, -0.25) is 0 Å². The van der Waals surface area contributed by atoms with E-state index in [0.717, 1.165) is 38.5 Å². The first-order chi connectivity index (χ1) is 10.5. The molecule has 124 valence electrons. The summed E-state index contributed by atoms with van der Waals surface area (Å²) < 4.78 is 4.63. The molecule has 0 rings (SSSR count). The fourth-order valence-electron chi connectivity index (χ4n) is 2.05. The number of esters is 1. The van der Waals surface area contributed by atoms with E-state index in [1.807, 2.05) is 6.08 Å². The van der Waals surface area contributed by atoms with Crippen LogP contribution in [0, 0.1) is 12.3 Å². The van der Waals surface area contributed by atoms with Gasteiger partial charge in [-0.05, 0) is 38.7 Å². The van der Waals surface area contributed by atoms with Crippen LogP contribution in [0.1, 0.15) is 51.9 Å². The van der Waals surface area contributed by atoms with Crippen molar-refractivity contribution in [2.24, 2.45) is 0 Å². The lowest BCUT2D eigenvalue weighted by atomic mass is 10.0. The maximum atomic E-state index is 11.6. The van der Waals surface area contributed by atoms with Crippen molar-refractivity contribution in [1.29, 1.82) is 0 Å². The van der Waals surface area contributed by atoms with Crippen LogP contribution in [0.15, 0.2) is 23.8 Å². The smallest absolute Gasteiger partial charge is 0.336 e. The minimum atomic E-state index is -1.20. The Bertz CT molecular complexity index is 402. The summed E-state index contributed by atoms with van der Waals surface area (Å²) in [5.74, 6) is 1.88. The molecule has 0 aromatic carbocycles. The number of aliphatic hydroxyl groups excluding tert-OH is 2. The average Bonchev–Trinajstić information content (AvgIpc) is 2.51. The Morgan fingerprint density at radius 1 is 1.18 bits per heavy atom. The van der Waals surface area contributed by atoms with Crippen LogP contribution in [0.2, 0.25) is 0 Å². The van der Waals surface area contributed by atoms with Gasteiger partial charge in [0.05, 0.1) is 18.8 Å². The molecule has 2 atom stereocenters. The second kappa shape index (κ2) is 13.1. The molecule has 0 aliphatic rings. The summed E-state index contributed by atoms with van der Waals surface area (Å²) in [5.41, 5.74) is 0.136. The number of allylic oxidation sites excluding steroid dienone is 3. The number of carbonyl (C=O) groups is 1. The molecule has 4 heteroatoms. The summed E-state index contributed by atoms with van der Waals surface area (Å²) in [5, 5.41) is 19.2. The molecule has 0 fully saturated rings. The van der Waals surface area contributed by atoms with Gasteiger partial charge in [-0.25, -0.2) is 4.79 Å². The van der Waals surface area contributed by atoms with Gasteiger partial charge in [-0.15, -0.1) is 6.42 Å². The lowest BCUT2D eigenvalue weighted by molar-refractivity contribution is -0.138. The minimum Gasteiger partial charge on any atom is -0.466 e. The molecular formula is C18H28O4. The van der Waals surface area contributed by atoms with E-state index in [9.17, 15) is 15.0 Å². The highest BCUT2D eigenvalue weighted by molar-refractivity contribution is 5.89. The summed E-state index contributed by atoms with van der Waals surface area (Å²) in [6.07, 6.45) is 15.4. The van der Waals surface area contributed by atoms with Crippen LogP contribution in [0.3, 0.4) is 0 Å². The normalized spacial score (nSPS) is 14.6. The van der Waals surface area contributed by atoms with Gasteiger partial charge >= 0.3 is 5.97 Å². The number of hydrogen-bond donors (Lipinski definition) is 2. The van der Waals surface area contributed by atoms with Crippen LogP contribution in [0.4, 0.5) is 0 Å². The molecule has 22 heavy (non-hydrogen) atoms. The Balaban J connectivity index is 3.99. The van der Waals surface area contributed by atoms with E-state index in [4.69, 9.17) is 6.42 Å². The summed E-state index contributed by atoms with van der Waals surface area (Å²) in [7, 11) is 1.26. The largest absolute Gasteiger partial charge is 0.466 e. The molecule has 2 N–H and O–H groups in total. The topological polar surface area (TPSA) is 66.8 Å². The van der Waals surface area contributed by atoms with Gasteiger partial charge in [-0.2, -0.15) is 0 Å². The third-order valence-corrected chi connectivity index (χ3v) is 3.35. The van der Waals surface area contributed by atoms with Crippen LogP contribution < -0.4 is 0 Å². The quantitative estimate of drug-likeness (QED) is 0.266. The fourth-order valence-corrected chi connectivity index (χ4v) is 2.05. The lowest BCUT2D eigenvalue weighted by Crippen LogP contribution is -2.29. The molecule has 0 saturated heterocycles. The number of terminal acetylenes is 1. The first kappa shape index (κ1) is 20.4. The molecule has 0 unspecified atom stereocenters. The molecule has 0 aromatic heterocycles. The van der Waals surface area contributed by atoms with Gasteiger partial charge in [0.2, 0.25) is 0 Å². The summed E-state index contributed by atoms with van der Waals surface area (Å²) in [6, 6.07) is 0. The molecule has 0 bridgehead atoms. The van der Waals surface area contributed by atoms with E-state index in [-0.39, 0.29) is 5.57 Å². The van der Waals surface area contributed by atoms with Crippen LogP contribution in [0.25, 0.3) is 0 Å². The van der Waals surface area contributed by atoms with Crippen molar-refractivity contribution in [1.82, 2.24) is 0 Å². The predicted molar refractivity (Wildman–Crippen MR) is 88.1 cm³/mol. The van der Waals surface area contributed by atoms with Gasteiger partial charge in [0.15, 0.2) is 0 Å². The van der Waals surface area contributed by atoms with Crippen molar-refractivity contribution in [2.45, 2.75) is 64.1 Å². The van der Waals surface area contributed by atoms with Crippen LogP contribution in [-0.4, -0.2) is 35.5 Å². The minimum absolute atomic E-state index is 0.136. The van der Waals surface area contributed by atoms with Crippen LogP contribution >= 0.6 is 0 Å². The standard InChI is InChI=1S/C18H28O4/c1-4-5-6-7-8-9-10-11-12-13-14-16(18(21)22-3)17(20)15(2)19/h1,5-6,14-15,17,19-20H,7-13H2,2-3H3/b6-5-,16-14-/t15-,17+/m1/s1. The van der Waals surface area contributed by atoms with Crippen LogP contribution in [-0.2, 0) is 9.53 Å². The zero-order valence-corrected chi connectivity index (χ0v) is 13.6. The van der Waals surface area contributed by atoms with Crippen molar-refractivity contribution < 1.29 is 19.7 Å². The van der Waals surface area contributed by atoms with Gasteiger partial charge in [0.25, 0.3) is 0 Å². The summed E-state index contributed by atoms with van der Waals surface area (Å²) in [6.45, 7) is 1.44. The van der Waals surface area contributed by atoms with E-state index >= 15 is 0 Å².